The zero-order chi connectivity index (χ0) is 26.2. The quantitative estimate of drug-likeness (QED) is 0.197. The Balaban J connectivity index is 1.35. The number of aromatic amines is 1. The Morgan fingerprint density at radius 2 is 1.84 bits per heavy atom. The maximum absolute atomic E-state index is 11.6. The summed E-state index contributed by atoms with van der Waals surface area (Å²) < 4.78 is 0. The van der Waals surface area contributed by atoms with Gasteiger partial charge in [-0.2, -0.15) is 0 Å². The first kappa shape index (κ1) is 23.6. The number of aryl methyl sites for hydroxylation is 2. The molecule has 2 aromatic heterocycles. The van der Waals surface area contributed by atoms with Crippen LogP contribution in [0.5, 0.6) is 0 Å². The number of benzene rings is 3. The van der Waals surface area contributed by atoms with Gasteiger partial charge in [0.15, 0.2) is 17.9 Å². The minimum atomic E-state index is -0.824. The van der Waals surface area contributed by atoms with Crippen molar-refractivity contribution in [2.24, 2.45) is 0 Å². The number of hydrogen-bond donors (Lipinski definition) is 5. The Hall–Kier alpha value is -4.82. The van der Waals surface area contributed by atoms with Crippen molar-refractivity contribution in [2.75, 3.05) is 27.8 Å². The first-order chi connectivity index (χ1) is 18.5. The zero-order valence-corrected chi connectivity index (χ0v) is 21.2. The predicted octanol–water partition coefficient (Wildman–Crippen LogP) is 5.86. The average molecular weight is 504 g/mol. The van der Waals surface area contributed by atoms with Crippen molar-refractivity contribution in [3.05, 3.63) is 107 Å². The lowest BCUT2D eigenvalue weighted by Crippen LogP contribution is -2.35. The number of aliphatic hydroxyl groups is 1. The molecule has 0 bridgehead atoms. The van der Waals surface area contributed by atoms with Gasteiger partial charge in [-0.05, 0) is 66.3 Å². The molecule has 190 valence electrons. The smallest absolute Gasteiger partial charge is 0.158 e. The maximum atomic E-state index is 11.6. The number of nitrogens with one attached hydrogen (secondary N) is 3. The zero-order valence-electron chi connectivity index (χ0n) is 21.2. The Morgan fingerprint density at radius 1 is 1.00 bits per heavy atom. The number of aliphatic hydroxyl groups excluding tert-OH is 1. The van der Waals surface area contributed by atoms with E-state index in [1.54, 1.807) is 0 Å². The number of nitrogens with two attached hydrogens (primary N) is 1. The first-order valence-corrected chi connectivity index (χ1v) is 12.5. The van der Waals surface area contributed by atoms with Gasteiger partial charge in [0, 0.05) is 34.3 Å². The van der Waals surface area contributed by atoms with Crippen LogP contribution in [0.1, 0.15) is 28.5 Å². The number of fused-ring (bicyclic) bond motifs is 2. The van der Waals surface area contributed by atoms with Crippen molar-refractivity contribution < 1.29 is 5.11 Å². The van der Waals surface area contributed by atoms with Crippen molar-refractivity contribution in [2.45, 2.75) is 20.1 Å². The lowest BCUT2D eigenvalue weighted by molar-refractivity contribution is 0.177. The van der Waals surface area contributed by atoms with Gasteiger partial charge in [-0.1, -0.05) is 42.5 Å². The maximum Gasteiger partial charge on any atom is 0.158 e. The van der Waals surface area contributed by atoms with Gasteiger partial charge in [0.25, 0.3) is 0 Å². The summed E-state index contributed by atoms with van der Waals surface area (Å²) in [6.45, 7) is 4.48. The van der Waals surface area contributed by atoms with E-state index in [4.69, 9.17) is 5.73 Å². The molecule has 0 amide bonds. The molecule has 1 aliphatic rings. The number of hydrogen-bond acceptors (Lipinski definition) is 7. The highest BCUT2D eigenvalue weighted by molar-refractivity contribution is 5.87. The molecule has 1 aliphatic heterocycles. The molecule has 5 aromatic rings. The second-order valence-corrected chi connectivity index (χ2v) is 9.48. The number of nitrogens with zero attached hydrogens (tertiary/aromatic N) is 3. The molecule has 0 saturated heterocycles. The SMILES string of the molecule is Cc1ccccc1N1C(CNc2ncnc(N)c2Nc2ccc3cc[nH]c3c2)=Cc2cccc(C)c2C1O. The molecule has 0 saturated carbocycles. The number of H-pyrrole nitrogens is 1. The molecule has 8 heteroatoms. The molecule has 1 atom stereocenters. The van der Waals surface area contributed by atoms with E-state index < -0.39 is 6.23 Å². The number of aromatic nitrogens is 3. The van der Waals surface area contributed by atoms with Crippen LogP contribution in [0.25, 0.3) is 17.0 Å². The van der Waals surface area contributed by atoms with E-state index in [1.165, 1.54) is 6.33 Å². The number of para-hydroxylation sites is 1. The molecule has 8 nitrogen and oxygen atoms in total. The highest BCUT2D eigenvalue weighted by Crippen LogP contribution is 2.39. The Kier molecular flexibility index (Phi) is 5.94. The summed E-state index contributed by atoms with van der Waals surface area (Å²) in [7, 11) is 0. The van der Waals surface area contributed by atoms with Gasteiger partial charge < -0.3 is 31.4 Å². The first-order valence-electron chi connectivity index (χ1n) is 12.5. The third-order valence-corrected chi connectivity index (χ3v) is 7.01. The lowest BCUT2D eigenvalue weighted by atomic mass is 9.94. The molecule has 0 radical (unpaired) electrons. The second kappa shape index (κ2) is 9.57. The molecule has 38 heavy (non-hydrogen) atoms. The highest BCUT2D eigenvalue weighted by atomic mass is 16.3. The van der Waals surface area contributed by atoms with Crippen molar-refractivity contribution >= 4 is 45.7 Å². The van der Waals surface area contributed by atoms with Crippen LogP contribution in [0.4, 0.5) is 28.7 Å². The van der Waals surface area contributed by atoms with Crippen LogP contribution in [-0.2, 0) is 0 Å². The van der Waals surface area contributed by atoms with Gasteiger partial charge in [-0.15, -0.1) is 0 Å². The predicted molar refractivity (Wildman–Crippen MR) is 154 cm³/mol. The number of anilines is 5. The van der Waals surface area contributed by atoms with Crippen LogP contribution in [-0.4, -0.2) is 26.6 Å². The van der Waals surface area contributed by atoms with Crippen molar-refractivity contribution in [3.8, 4) is 0 Å². The summed E-state index contributed by atoms with van der Waals surface area (Å²) in [5.74, 6) is 0.905. The minimum Gasteiger partial charge on any atom is -0.382 e. The molecular formula is C30H29N7O. The molecule has 3 heterocycles. The minimum absolute atomic E-state index is 0.337. The van der Waals surface area contributed by atoms with Gasteiger partial charge in [-0.25, -0.2) is 9.97 Å². The van der Waals surface area contributed by atoms with Gasteiger partial charge in [-0.3, -0.25) is 0 Å². The molecular weight excluding hydrogens is 474 g/mol. The fourth-order valence-corrected chi connectivity index (χ4v) is 5.07. The molecule has 3 aromatic carbocycles. The summed E-state index contributed by atoms with van der Waals surface area (Å²) in [4.78, 5) is 13.9. The summed E-state index contributed by atoms with van der Waals surface area (Å²) >= 11 is 0. The topological polar surface area (TPSA) is 115 Å². The van der Waals surface area contributed by atoms with E-state index in [1.807, 2.05) is 78.7 Å². The van der Waals surface area contributed by atoms with Gasteiger partial charge in [0.2, 0.25) is 0 Å². The van der Waals surface area contributed by atoms with E-state index in [0.29, 0.717) is 23.9 Å². The van der Waals surface area contributed by atoms with Gasteiger partial charge in [0.05, 0.1) is 6.54 Å². The summed E-state index contributed by atoms with van der Waals surface area (Å²) in [6, 6.07) is 22.2. The van der Waals surface area contributed by atoms with E-state index in [2.05, 4.69) is 44.7 Å². The molecule has 6 N–H and O–H groups in total. The molecule has 1 unspecified atom stereocenters. The normalized spacial score (nSPS) is 14.8. The van der Waals surface area contributed by atoms with Crippen LogP contribution >= 0.6 is 0 Å². The fraction of sp³-hybridized carbons (Fsp3) is 0.133. The molecule has 0 fully saturated rings. The summed E-state index contributed by atoms with van der Waals surface area (Å²) in [6.07, 6.45) is 4.65. The van der Waals surface area contributed by atoms with Crippen LogP contribution in [0, 0.1) is 13.8 Å². The van der Waals surface area contributed by atoms with Gasteiger partial charge >= 0.3 is 0 Å². The Labute approximate surface area is 220 Å². The van der Waals surface area contributed by atoms with Crippen LogP contribution < -0.4 is 21.3 Å². The number of rotatable bonds is 6. The Morgan fingerprint density at radius 3 is 2.71 bits per heavy atom. The standard InChI is InChI=1S/C30H29N7O/c1-18-6-3-4-9-25(18)37-23(14-21-8-5-7-19(2)26(21)30(37)38)16-33-29-27(28(31)34-17-35-29)36-22-11-10-20-12-13-32-24(20)15-22/h3-15,17,30,32,36,38H,16H2,1-2H3,(H3,31,33,34,35). The third-order valence-electron chi connectivity index (χ3n) is 7.01. The fourth-order valence-electron chi connectivity index (χ4n) is 5.07. The Bertz CT molecular complexity index is 1670. The highest BCUT2D eigenvalue weighted by Gasteiger charge is 2.30. The van der Waals surface area contributed by atoms with E-state index in [0.717, 1.165) is 50.2 Å². The van der Waals surface area contributed by atoms with Crippen molar-refractivity contribution in [1.29, 1.82) is 0 Å². The van der Waals surface area contributed by atoms with Crippen LogP contribution in [0.2, 0.25) is 0 Å². The molecule has 6 rings (SSSR count). The summed E-state index contributed by atoms with van der Waals surface area (Å²) in [5, 5.41) is 19.6. The second-order valence-electron chi connectivity index (χ2n) is 9.48. The van der Waals surface area contributed by atoms with Crippen LogP contribution in [0.15, 0.2) is 85.0 Å². The largest absolute Gasteiger partial charge is 0.382 e. The van der Waals surface area contributed by atoms with Crippen molar-refractivity contribution in [3.63, 3.8) is 0 Å². The number of nitrogen functional groups attached to an aromatic ring is 1. The van der Waals surface area contributed by atoms with Crippen molar-refractivity contribution in [1.82, 2.24) is 15.0 Å². The van der Waals surface area contributed by atoms with E-state index >= 15 is 0 Å². The van der Waals surface area contributed by atoms with E-state index in [9.17, 15) is 5.11 Å². The monoisotopic (exact) mass is 503 g/mol. The summed E-state index contributed by atoms with van der Waals surface area (Å²) in [5.41, 5.74) is 14.6. The third kappa shape index (κ3) is 4.21. The van der Waals surface area contributed by atoms with E-state index in [-0.39, 0.29) is 0 Å². The average Bonchev–Trinajstić information content (AvgIpc) is 3.38. The molecule has 0 aliphatic carbocycles. The van der Waals surface area contributed by atoms with Gasteiger partial charge in [0.1, 0.15) is 12.0 Å². The lowest BCUT2D eigenvalue weighted by Gasteiger charge is -2.38. The molecule has 0 spiro atoms. The van der Waals surface area contributed by atoms with Crippen LogP contribution in [0.3, 0.4) is 0 Å².